The molecule has 0 amide bonds. The predicted molar refractivity (Wildman–Crippen MR) is 246 cm³/mol. The Labute approximate surface area is 340 Å². The first-order chi connectivity index (χ1) is 29.2. The lowest BCUT2D eigenvalue weighted by molar-refractivity contribution is 1.18. The van der Waals surface area contributed by atoms with Gasteiger partial charge in [0.15, 0.2) is 0 Å². The van der Waals surface area contributed by atoms with Crippen LogP contribution in [0.3, 0.4) is 0 Å². The Bertz CT molecular complexity index is 3550. The zero-order valence-electron chi connectivity index (χ0n) is 31.9. The SMILES string of the molecule is c1ccc(-c2ccc3ccc4ccc(-c5ccc(-c6nc7ccccc7c7c(-c8cccc(-n9c%10ccccc%10c%10ccccc%109)c8)cccc67)cc5)nc4c3n2)cc1. The van der Waals surface area contributed by atoms with E-state index in [9.17, 15) is 0 Å². The Balaban J connectivity index is 0.975. The van der Waals surface area contributed by atoms with Gasteiger partial charge in [0.2, 0.25) is 0 Å². The molecule has 12 aromatic rings. The number of benzene rings is 8. The van der Waals surface area contributed by atoms with E-state index in [0.717, 1.165) is 83.1 Å². The predicted octanol–water partition coefficient (Wildman–Crippen LogP) is 14.2. The van der Waals surface area contributed by atoms with Gasteiger partial charge in [0.1, 0.15) is 0 Å². The summed E-state index contributed by atoms with van der Waals surface area (Å²) in [5, 5.41) is 8.10. The summed E-state index contributed by atoms with van der Waals surface area (Å²) in [6, 6.07) is 73.2. The zero-order chi connectivity index (χ0) is 38.9. The molecule has 0 saturated heterocycles. The number of hydrogen-bond donors (Lipinski definition) is 0. The molecule has 4 heteroatoms. The fourth-order valence-corrected chi connectivity index (χ4v) is 8.97. The van der Waals surface area contributed by atoms with Crippen molar-refractivity contribution in [1.29, 1.82) is 0 Å². The van der Waals surface area contributed by atoms with E-state index in [2.05, 4.69) is 193 Å². The first-order valence-corrected chi connectivity index (χ1v) is 20.0. The lowest BCUT2D eigenvalue weighted by Crippen LogP contribution is -1.95. The number of pyridine rings is 3. The van der Waals surface area contributed by atoms with E-state index in [4.69, 9.17) is 15.0 Å². The quantitative estimate of drug-likeness (QED) is 0.165. The number of hydrogen-bond acceptors (Lipinski definition) is 3. The van der Waals surface area contributed by atoms with Crippen molar-refractivity contribution in [3.8, 4) is 50.6 Å². The number of rotatable bonds is 5. The molecule has 4 aromatic heterocycles. The fraction of sp³-hybridized carbons (Fsp3) is 0. The fourth-order valence-electron chi connectivity index (χ4n) is 8.97. The maximum atomic E-state index is 5.32. The van der Waals surface area contributed by atoms with Crippen LogP contribution in [-0.2, 0) is 0 Å². The second-order valence-electron chi connectivity index (χ2n) is 15.2. The molecule has 0 spiro atoms. The van der Waals surface area contributed by atoms with Gasteiger partial charge in [-0.3, -0.25) is 0 Å². The monoisotopic (exact) mass is 750 g/mol. The maximum Gasteiger partial charge on any atom is 0.0972 e. The van der Waals surface area contributed by atoms with E-state index in [1.54, 1.807) is 0 Å². The van der Waals surface area contributed by atoms with Crippen molar-refractivity contribution in [2.24, 2.45) is 0 Å². The topological polar surface area (TPSA) is 43.6 Å². The largest absolute Gasteiger partial charge is 0.309 e. The van der Waals surface area contributed by atoms with Gasteiger partial charge in [0.05, 0.1) is 44.7 Å². The third-order valence-electron chi connectivity index (χ3n) is 11.8. The second kappa shape index (κ2) is 13.3. The minimum Gasteiger partial charge on any atom is -0.309 e. The van der Waals surface area contributed by atoms with Crippen LogP contribution in [0, 0.1) is 0 Å². The van der Waals surface area contributed by atoms with Gasteiger partial charge in [-0.1, -0.05) is 164 Å². The molecule has 12 rings (SSSR count). The smallest absolute Gasteiger partial charge is 0.0972 e. The Kier molecular flexibility index (Phi) is 7.50. The normalized spacial score (nSPS) is 11.7. The summed E-state index contributed by atoms with van der Waals surface area (Å²) in [4.78, 5) is 15.7. The summed E-state index contributed by atoms with van der Waals surface area (Å²) in [7, 11) is 0. The van der Waals surface area contributed by atoms with Crippen molar-refractivity contribution in [1.82, 2.24) is 19.5 Å². The summed E-state index contributed by atoms with van der Waals surface area (Å²) in [5.41, 5.74) is 14.6. The van der Waals surface area contributed by atoms with Crippen LogP contribution in [0.15, 0.2) is 206 Å². The van der Waals surface area contributed by atoms with Crippen LogP contribution in [0.5, 0.6) is 0 Å². The van der Waals surface area contributed by atoms with Gasteiger partial charge in [0.25, 0.3) is 0 Å². The van der Waals surface area contributed by atoms with E-state index in [1.165, 1.54) is 32.8 Å². The highest BCUT2D eigenvalue weighted by Crippen LogP contribution is 2.40. The molecule has 0 fully saturated rings. The molecule has 8 aromatic carbocycles. The molecule has 0 aliphatic carbocycles. The highest BCUT2D eigenvalue weighted by atomic mass is 15.0. The van der Waals surface area contributed by atoms with Crippen LogP contribution in [0.4, 0.5) is 0 Å². The number of aromatic nitrogens is 4. The zero-order valence-corrected chi connectivity index (χ0v) is 31.9. The molecule has 0 bridgehead atoms. The molecule has 59 heavy (non-hydrogen) atoms. The summed E-state index contributed by atoms with van der Waals surface area (Å²) >= 11 is 0. The molecule has 0 unspecified atom stereocenters. The lowest BCUT2D eigenvalue weighted by Gasteiger charge is -2.16. The van der Waals surface area contributed by atoms with Gasteiger partial charge in [-0.05, 0) is 53.6 Å². The van der Waals surface area contributed by atoms with E-state index in [0.29, 0.717) is 0 Å². The summed E-state index contributed by atoms with van der Waals surface area (Å²) in [6.45, 7) is 0. The second-order valence-corrected chi connectivity index (χ2v) is 15.2. The number of para-hydroxylation sites is 3. The molecule has 4 heterocycles. The first-order valence-electron chi connectivity index (χ1n) is 20.0. The van der Waals surface area contributed by atoms with E-state index in [1.807, 2.05) is 18.2 Å². The lowest BCUT2D eigenvalue weighted by atomic mass is 9.92. The summed E-state index contributed by atoms with van der Waals surface area (Å²) in [6.07, 6.45) is 0. The molecule has 4 nitrogen and oxygen atoms in total. The van der Waals surface area contributed by atoms with Crippen molar-refractivity contribution >= 4 is 65.3 Å². The summed E-state index contributed by atoms with van der Waals surface area (Å²) < 4.78 is 2.39. The Hall–Kier alpha value is -7.95. The number of fused-ring (bicyclic) bond motifs is 9. The van der Waals surface area contributed by atoms with Crippen LogP contribution < -0.4 is 0 Å². The molecule has 0 aliphatic heterocycles. The van der Waals surface area contributed by atoms with Crippen molar-refractivity contribution in [2.45, 2.75) is 0 Å². The van der Waals surface area contributed by atoms with Gasteiger partial charge >= 0.3 is 0 Å². The van der Waals surface area contributed by atoms with Crippen molar-refractivity contribution in [3.05, 3.63) is 206 Å². The van der Waals surface area contributed by atoms with Crippen LogP contribution in [-0.4, -0.2) is 19.5 Å². The molecule has 0 radical (unpaired) electrons. The van der Waals surface area contributed by atoms with Crippen LogP contribution >= 0.6 is 0 Å². The van der Waals surface area contributed by atoms with E-state index in [-0.39, 0.29) is 0 Å². The minimum absolute atomic E-state index is 0.902. The van der Waals surface area contributed by atoms with Gasteiger partial charge < -0.3 is 4.57 Å². The van der Waals surface area contributed by atoms with E-state index >= 15 is 0 Å². The minimum atomic E-state index is 0.902. The van der Waals surface area contributed by atoms with Gasteiger partial charge in [0, 0.05) is 60.1 Å². The maximum absolute atomic E-state index is 5.32. The average Bonchev–Trinajstić information content (AvgIpc) is 3.65. The standard InChI is InChI=1S/C55H34N4/c1-2-12-35(13-3-1)47-32-30-38-28-29-39-31-33-48(57-55(39)54(38)56-47)36-24-26-37(27-25-36)53-46-20-11-19-42(52(46)45-18-4-7-21-49(45)58-53)40-14-10-15-41(34-40)59-50-22-8-5-16-43(50)44-17-6-9-23-51(44)59/h1-34H. The first kappa shape index (κ1) is 33.2. The molecular formula is C55H34N4. The van der Waals surface area contributed by atoms with Crippen molar-refractivity contribution in [3.63, 3.8) is 0 Å². The molecular weight excluding hydrogens is 717 g/mol. The average molecular weight is 751 g/mol. The van der Waals surface area contributed by atoms with Gasteiger partial charge in [-0.25, -0.2) is 15.0 Å². The summed E-state index contributed by atoms with van der Waals surface area (Å²) in [5.74, 6) is 0. The molecule has 0 atom stereocenters. The third-order valence-corrected chi connectivity index (χ3v) is 11.8. The van der Waals surface area contributed by atoms with Gasteiger partial charge in [-0.2, -0.15) is 0 Å². The van der Waals surface area contributed by atoms with Crippen molar-refractivity contribution < 1.29 is 0 Å². The highest BCUT2D eigenvalue weighted by molar-refractivity contribution is 6.17. The molecule has 0 N–H and O–H groups in total. The molecule has 0 aliphatic rings. The molecule has 0 saturated carbocycles. The van der Waals surface area contributed by atoms with Crippen LogP contribution in [0.25, 0.3) is 116 Å². The number of nitrogens with zero attached hydrogens (tertiary/aromatic N) is 4. The van der Waals surface area contributed by atoms with Crippen LogP contribution in [0.1, 0.15) is 0 Å². The van der Waals surface area contributed by atoms with Crippen molar-refractivity contribution in [2.75, 3.05) is 0 Å². The van der Waals surface area contributed by atoms with Crippen LogP contribution in [0.2, 0.25) is 0 Å². The Morgan fingerprint density at radius 1 is 0.339 bits per heavy atom. The Morgan fingerprint density at radius 3 is 1.56 bits per heavy atom. The highest BCUT2D eigenvalue weighted by Gasteiger charge is 2.17. The van der Waals surface area contributed by atoms with E-state index < -0.39 is 0 Å². The van der Waals surface area contributed by atoms with Gasteiger partial charge in [-0.15, -0.1) is 0 Å². The third kappa shape index (κ3) is 5.42. The Morgan fingerprint density at radius 2 is 0.864 bits per heavy atom. The molecule has 274 valence electrons.